The van der Waals surface area contributed by atoms with E-state index < -0.39 is 17.8 Å². The number of amides is 1. The topological polar surface area (TPSA) is 86.0 Å². The molecular weight excluding hydrogens is 504 g/mol. The van der Waals surface area contributed by atoms with Gasteiger partial charge in [0.1, 0.15) is 11.6 Å². The lowest BCUT2D eigenvalue weighted by Gasteiger charge is -2.17. The third-order valence-corrected chi connectivity index (χ3v) is 5.88. The lowest BCUT2D eigenvalue weighted by atomic mass is 10.1. The van der Waals surface area contributed by atoms with Crippen LogP contribution in [-0.4, -0.2) is 36.5 Å². The van der Waals surface area contributed by atoms with Crippen LogP contribution < -0.4 is 9.64 Å². The van der Waals surface area contributed by atoms with E-state index in [0.717, 1.165) is 11.8 Å². The molecule has 0 atom stereocenters. The van der Waals surface area contributed by atoms with E-state index in [2.05, 4.69) is 19.9 Å². The number of ether oxygens (including phenoxy) is 1. The van der Waals surface area contributed by atoms with Crippen LogP contribution in [0.4, 0.5) is 23.4 Å². The van der Waals surface area contributed by atoms with Gasteiger partial charge in [0.25, 0.3) is 0 Å². The van der Waals surface area contributed by atoms with Gasteiger partial charge in [-0.3, -0.25) is 9.69 Å². The number of carbonyl (C=O) groups excluding carboxylic acids is 1. The number of halogens is 4. The Kier molecular flexibility index (Phi) is 6.33. The molecule has 4 aromatic rings. The van der Waals surface area contributed by atoms with Gasteiger partial charge in [-0.25, -0.2) is 15.0 Å². The normalized spacial score (nSPS) is 13.4. The zero-order valence-corrected chi connectivity index (χ0v) is 20.6. The number of imidazole rings is 1. The van der Waals surface area contributed by atoms with Gasteiger partial charge in [-0.05, 0) is 25.5 Å². The second kappa shape index (κ2) is 9.51. The molecule has 12 heteroatoms. The van der Waals surface area contributed by atoms with Gasteiger partial charge in [0.15, 0.2) is 11.5 Å². The fourth-order valence-corrected chi connectivity index (χ4v) is 4.13. The Morgan fingerprint density at radius 1 is 1.05 bits per heavy atom. The van der Waals surface area contributed by atoms with Crippen molar-refractivity contribution in [3.63, 3.8) is 0 Å². The lowest BCUT2D eigenvalue weighted by Crippen LogP contribution is -2.26. The van der Waals surface area contributed by atoms with Crippen LogP contribution in [0.25, 0.3) is 22.8 Å². The number of anilines is 1. The number of hydrogen-bond acceptors (Lipinski definition) is 6. The highest BCUT2D eigenvalue weighted by Crippen LogP contribution is 2.33. The Bertz CT molecular complexity index is 1520. The Balaban J connectivity index is 1.38. The Morgan fingerprint density at radius 2 is 1.79 bits per heavy atom. The Labute approximate surface area is 215 Å². The van der Waals surface area contributed by atoms with Crippen molar-refractivity contribution in [2.75, 3.05) is 4.90 Å². The summed E-state index contributed by atoms with van der Waals surface area (Å²) in [6.07, 6.45) is -2.18. The van der Waals surface area contributed by atoms with E-state index in [4.69, 9.17) is 4.74 Å². The molecule has 0 radical (unpaired) electrons. The van der Waals surface area contributed by atoms with Crippen molar-refractivity contribution in [2.45, 2.75) is 39.1 Å². The number of alkyl halides is 3. The molecule has 8 nitrogen and oxygen atoms in total. The van der Waals surface area contributed by atoms with Crippen LogP contribution >= 0.6 is 0 Å². The number of aromatic nitrogens is 5. The van der Waals surface area contributed by atoms with E-state index in [-0.39, 0.29) is 48.1 Å². The smallest absolute Gasteiger partial charge is 0.434 e. The second-order valence-corrected chi connectivity index (χ2v) is 9.11. The molecule has 0 aliphatic carbocycles. The maximum atomic E-state index is 14.7. The summed E-state index contributed by atoms with van der Waals surface area (Å²) in [5.41, 5.74) is 0.931. The second-order valence-electron chi connectivity index (χ2n) is 9.11. The lowest BCUT2D eigenvalue weighted by molar-refractivity contribution is -0.140. The summed E-state index contributed by atoms with van der Waals surface area (Å²) in [6.45, 7) is 3.77. The zero-order chi connectivity index (χ0) is 27.2. The molecule has 0 spiro atoms. The molecule has 0 fully saturated rings. The number of rotatable bonds is 6. The molecule has 1 aliphatic rings. The molecule has 3 aromatic heterocycles. The van der Waals surface area contributed by atoms with Crippen LogP contribution in [0.3, 0.4) is 0 Å². The molecule has 0 saturated heterocycles. The average Bonchev–Trinajstić information content (AvgIpc) is 3.39. The summed E-state index contributed by atoms with van der Waals surface area (Å²) in [6, 6.07) is 9.71. The molecule has 1 aromatic carbocycles. The minimum Gasteiger partial charge on any atom is -0.475 e. The maximum absolute atomic E-state index is 14.7. The Hall–Kier alpha value is -4.35. The fraction of sp³-hybridized carbons (Fsp3) is 0.269. The number of fused-ring (bicyclic) bond motifs is 1. The molecule has 0 unspecified atom stereocenters. The highest BCUT2D eigenvalue weighted by molar-refractivity contribution is 6.00. The molecule has 1 aliphatic heterocycles. The van der Waals surface area contributed by atoms with Crippen molar-refractivity contribution >= 4 is 11.7 Å². The third-order valence-electron chi connectivity index (χ3n) is 5.88. The van der Waals surface area contributed by atoms with E-state index >= 15 is 0 Å². The SMILES string of the molecule is CC(C)Oc1ccc(-c2ncc3c(n2)N(Cc2ccc(-c4nc(C(F)(F)F)cn4C)cc2)C(=O)C3)c(F)n1. The first-order valence-corrected chi connectivity index (χ1v) is 11.7. The van der Waals surface area contributed by atoms with E-state index in [1.807, 2.05) is 0 Å². The van der Waals surface area contributed by atoms with Crippen LogP contribution in [0.2, 0.25) is 0 Å². The van der Waals surface area contributed by atoms with Crippen molar-refractivity contribution in [3.8, 4) is 28.7 Å². The van der Waals surface area contributed by atoms with Crippen LogP contribution in [-0.2, 0) is 31.0 Å². The molecule has 0 N–H and O–H groups in total. The third kappa shape index (κ3) is 4.93. The summed E-state index contributed by atoms with van der Waals surface area (Å²) in [4.78, 5) is 30.4. The van der Waals surface area contributed by atoms with Crippen molar-refractivity contribution in [1.82, 2.24) is 24.5 Å². The molecular formula is C26H22F4N6O2. The first-order valence-electron chi connectivity index (χ1n) is 11.7. The van der Waals surface area contributed by atoms with Crippen molar-refractivity contribution in [2.24, 2.45) is 7.05 Å². The number of carbonyl (C=O) groups is 1. The van der Waals surface area contributed by atoms with Gasteiger partial charge in [0.2, 0.25) is 17.7 Å². The van der Waals surface area contributed by atoms with Crippen LogP contribution in [0.15, 0.2) is 48.8 Å². The highest BCUT2D eigenvalue weighted by Gasteiger charge is 2.34. The maximum Gasteiger partial charge on any atom is 0.434 e. The van der Waals surface area contributed by atoms with Crippen molar-refractivity contribution in [3.05, 3.63) is 71.6 Å². The van der Waals surface area contributed by atoms with Crippen LogP contribution in [0.5, 0.6) is 5.88 Å². The van der Waals surface area contributed by atoms with E-state index in [9.17, 15) is 22.4 Å². The molecule has 4 heterocycles. The van der Waals surface area contributed by atoms with Gasteiger partial charge in [-0.2, -0.15) is 22.5 Å². The van der Waals surface area contributed by atoms with Gasteiger partial charge >= 0.3 is 6.18 Å². The van der Waals surface area contributed by atoms with E-state index in [1.165, 1.54) is 34.8 Å². The number of nitrogens with zero attached hydrogens (tertiary/aromatic N) is 6. The standard InChI is InChI=1S/C26H22F4N6O2/c1-14(2)38-20-9-8-18(22(27)33-20)23-31-11-17-10-21(37)36(25(17)34-23)12-15-4-6-16(7-5-15)24-32-19(13-35(24)3)26(28,29)30/h4-9,11,13-14H,10,12H2,1-3H3. The largest absolute Gasteiger partial charge is 0.475 e. The molecule has 0 saturated carbocycles. The van der Waals surface area contributed by atoms with Crippen molar-refractivity contribution in [1.29, 1.82) is 0 Å². The molecule has 1 amide bonds. The monoisotopic (exact) mass is 526 g/mol. The minimum atomic E-state index is -4.54. The minimum absolute atomic E-state index is 0.0702. The Morgan fingerprint density at radius 3 is 2.42 bits per heavy atom. The van der Waals surface area contributed by atoms with Gasteiger partial charge in [0, 0.05) is 36.6 Å². The number of aryl methyl sites for hydroxylation is 1. The quantitative estimate of drug-likeness (QED) is 0.260. The number of pyridine rings is 1. The van der Waals surface area contributed by atoms with E-state index in [0.29, 0.717) is 16.9 Å². The first-order chi connectivity index (χ1) is 18.0. The summed E-state index contributed by atoms with van der Waals surface area (Å²) >= 11 is 0. The summed E-state index contributed by atoms with van der Waals surface area (Å²) in [5.74, 6) is -0.238. The molecule has 38 heavy (non-hydrogen) atoms. The van der Waals surface area contributed by atoms with Crippen LogP contribution in [0, 0.1) is 5.95 Å². The predicted octanol–water partition coefficient (Wildman–Crippen LogP) is 4.97. The van der Waals surface area contributed by atoms with Gasteiger partial charge in [0.05, 0.1) is 24.6 Å². The number of benzene rings is 1. The van der Waals surface area contributed by atoms with E-state index in [1.54, 1.807) is 38.1 Å². The van der Waals surface area contributed by atoms with Crippen LogP contribution in [0.1, 0.15) is 30.7 Å². The molecule has 5 rings (SSSR count). The summed E-state index contributed by atoms with van der Waals surface area (Å²) in [5, 5.41) is 0. The fourth-order valence-electron chi connectivity index (χ4n) is 4.13. The highest BCUT2D eigenvalue weighted by atomic mass is 19.4. The zero-order valence-electron chi connectivity index (χ0n) is 20.6. The predicted molar refractivity (Wildman–Crippen MR) is 130 cm³/mol. The first kappa shape index (κ1) is 25.3. The summed E-state index contributed by atoms with van der Waals surface area (Å²) in [7, 11) is 1.49. The molecule has 196 valence electrons. The van der Waals surface area contributed by atoms with Crippen molar-refractivity contribution < 1.29 is 27.1 Å². The van der Waals surface area contributed by atoms with Gasteiger partial charge in [-0.15, -0.1) is 0 Å². The molecule has 0 bridgehead atoms. The number of hydrogen-bond donors (Lipinski definition) is 0. The van der Waals surface area contributed by atoms with Gasteiger partial charge in [-0.1, -0.05) is 24.3 Å². The average molecular weight is 526 g/mol. The van der Waals surface area contributed by atoms with Gasteiger partial charge < -0.3 is 9.30 Å². The summed E-state index contributed by atoms with van der Waals surface area (Å²) < 4.78 is 60.5.